The third-order valence-corrected chi connectivity index (χ3v) is 5.05. The van der Waals surface area contributed by atoms with Gasteiger partial charge in [-0.05, 0) is 30.5 Å². The summed E-state index contributed by atoms with van der Waals surface area (Å²) in [6, 6.07) is 4.89. The van der Waals surface area contributed by atoms with E-state index in [0.717, 1.165) is 17.9 Å². The number of benzene rings is 1. The minimum absolute atomic E-state index is 0.00645. The summed E-state index contributed by atoms with van der Waals surface area (Å²) in [7, 11) is 1.50. The fourth-order valence-electron chi connectivity index (χ4n) is 3.29. The summed E-state index contributed by atoms with van der Waals surface area (Å²) in [5, 5.41) is 14.0. The van der Waals surface area contributed by atoms with Crippen molar-refractivity contribution < 1.29 is 14.6 Å². The lowest BCUT2D eigenvalue weighted by atomic mass is 10.2. The maximum Gasteiger partial charge on any atom is 0.254 e. The third-order valence-electron chi connectivity index (χ3n) is 4.76. The zero-order chi connectivity index (χ0) is 21.0. The maximum absolute atomic E-state index is 11.9. The number of hydrogen-bond acceptors (Lipinski definition) is 8. The van der Waals surface area contributed by atoms with Crippen LogP contribution in [0.25, 0.3) is 0 Å². The molecule has 1 atom stereocenters. The molecular weight excluding hydrogens is 400 g/mol. The van der Waals surface area contributed by atoms with Crippen LogP contribution in [0.2, 0.25) is 5.02 Å². The smallest absolute Gasteiger partial charge is 0.254 e. The molecule has 10 nitrogen and oxygen atoms in total. The molecule has 1 saturated heterocycles. The van der Waals surface area contributed by atoms with Gasteiger partial charge in [-0.2, -0.15) is 4.98 Å². The second-order valence-electron chi connectivity index (χ2n) is 6.55. The summed E-state index contributed by atoms with van der Waals surface area (Å²) in [4.78, 5) is 33.9. The molecule has 3 N–H and O–H groups in total. The van der Waals surface area contributed by atoms with Gasteiger partial charge in [-0.25, -0.2) is 9.99 Å². The number of carbonyl (C=O) groups is 1. The van der Waals surface area contributed by atoms with Crippen LogP contribution in [0.1, 0.15) is 28.8 Å². The first-order valence-corrected chi connectivity index (χ1v) is 9.33. The molecule has 1 aromatic heterocycles. The predicted octanol–water partition coefficient (Wildman–Crippen LogP) is 1.89. The number of aliphatic hydroxyl groups excluding tert-OH is 1. The van der Waals surface area contributed by atoms with Gasteiger partial charge in [-0.1, -0.05) is 17.7 Å². The van der Waals surface area contributed by atoms with E-state index < -0.39 is 5.91 Å². The van der Waals surface area contributed by atoms with Crippen molar-refractivity contribution in [2.75, 3.05) is 30.2 Å². The first-order valence-electron chi connectivity index (χ1n) is 8.96. The normalized spacial score (nSPS) is 16.0. The second kappa shape index (κ2) is 9.01. The van der Waals surface area contributed by atoms with Gasteiger partial charge in [0.25, 0.3) is 5.91 Å². The molecule has 0 unspecified atom stereocenters. The summed E-state index contributed by atoms with van der Waals surface area (Å²) >= 11 is 6.14. The number of aliphatic hydroxyl groups is 1. The Balaban J connectivity index is 1.96. The number of halogens is 1. The Morgan fingerprint density at radius 3 is 2.93 bits per heavy atom. The minimum atomic E-state index is -0.784. The molecule has 0 aliphatic carbocycles. The van der Waals surface area contributed by atoms with Gasteiger partial charge < -0.3 is 20.5 Å². The van der Waals surface area contributed by atoms with Gasteiger partial charge in [0.05, 0.1) is 36.6 Å². The quantitative estimate of drug-likeness (QED) is 0.488. The van der Waals surface area contributed by atoms with Crippen LogP contribution in [-0.4, -0.2) is 47.3 Å². The Morgan fingerprint density at radius 1 is 1.52 bits per heavy atom. The Morgan fingerprint density at radius 2 is 2.31 bits per heavy atom. The zero-order valence-corrected chi connectivity index (χ0v) is 16.5. The molecule has 2 heterocycles. The van der Waals surface area contributed by atoms with E-state index in [9.17, 15) is 14.8 Å². The number of nitrogens with zero attached hydrogens (tertiary/aromatic N) is 5. The third kappa shape index (κ3) is 4.38. The molecule has 1 aliphatic heterocycles. The van der Waals surface area contributed by atoms with Crippen molar-refractivity contribution >= 4 is 29.3 Å². The minimum Gasteiger partial charge on any atom is -0.495 e. The highest BCUT2D eigenvalue weighted by Crippen LogP contribution is 2.29. The van der Waals surface area contributed by atoms with Gasteiger partial charge in [0.2, 0.25) is 5.95 Å². The average Bonchev–Trinajstić information content (AvgIpc) is 3.20. The second-order valence-corrected chi connectivity index (χ2v) is 6.96. The van der Waals surface area contributed by atoms with E-state index in [4.69, 9.17) is 22.1 Å². The standard InChI is InChI=1S/C18H21ClN6O4/c1-29-15-5-4-11(7-14(15)19)9-25(23-28)17-13(16(20)27)8-21-18(22-17)24-6-2-3-12(24)10-26/h4-5,7-8,12,26H,2-3,6,9-10H2,1H3,(H2,20,27)/t12-/m0/s1. The number of rotatable bonds is 8. The Kier molecular flexibility index (Phi) is 6.45. The largest absolute Gasteiger partial charge is 0.495 e. The van der Waals surface area contributed by atoms with Crippen LogP contribution in [0.5, 0.6) is 5.75 Å². The van der Waals surface area contributed by atoms with E-state index in [1.165, 1.54) is 13.3 Å². The molecule has 11 heteroatoms. The van der Waals surface area contributed by atoms with E-state index in [1.54, 1.807) is 18.2 Å². The number of carbonyl (C=O) groups excluding carboxylic acids is 1. The van der Waals surface area contributed by atoms with Gasteiger partial charge in [0.15, 0.2) is 5.82 Å². The van der Waals surface area contributed by atoms with E-state index >= 15 is 0 Å². The monoisotopic (exact) mass is 420 g/mol. The number of hydrogen-bond donors (Lipinski definition) is 2. The van der Waals surface area contributed by atoms with Crippen molar-refractivity contribution in [3.8, 4) is 5.75 Å². The number of nitroso groups, excluding NO2 is 1. The van der Waals surface area contributed by atoms with E-state index in [1.807, 2.05) is 4.90 Å². The molecule has 2 aromatic rings. The molecule has 0 spiro atoms. The molecule has 0 radical (unpaired) electrons. The van der Waals surface area contributed by atoms with Gasteiger partial charge in [0, 0.05) is 12.7 Å². The van der Waals surface area contributed by atoms with Crippen LogP contribution in [0, 0.1) is 4.91 Å². The first-order chi connectivity index (χ1) is 14.0. The summed E-state index contributed by atoms with van der Waals surface area (Å²) in [5.74, 6) is -0.00339. The Hall–Kier alpha value is -2.98. The van der Waals surface area contributed by atoms with Crippen molar-refractivity contribution in [3.63, 3.8) is 0 Å². The van der Waals surface area contributed by atoms with Gasteiger partial charge >= 0.3 is 0 Å². The molecular formula is C18H21ClN6O4. The summed E-state index contributed by atoms with van der Waals surface area (Å²) in [5.41, 5.74) is 6.06. The number of anilines is 2. The van der Waals surface area contributed by atoms with Crippen molar-refractivity contribution in [1.29, 1.82) is 0 Å². The Labute approximate surface area is 172 Å². The number of aromatic nitrogens is 2. The lowest BCUT2D eigenvalue weighted by molar-refractivity contribution is 0.1000. The van der Waals surface area contributed by atoms with Gasteiger partial charge in [-0.15, -0.1) is 4.91 Å². The van der Waals surface area contributed by atoms with Crippen LogP contribution in [0.4, 0.5) is 11.8 Å². The van der Waals surface area contributed by atoms with Crippen LogP contribution < -0.4 is 20.4 Å². The summed E-state index contributed by atoms with van der Waals surface area (Å²) in [6.45, 7) is 0.618. The molecule has 1 aliphatic rings. The number of amides is 1. The first kappa shape index (κ1) is 20.7. The van der Waals surface area contributed by atoms with Crippen molar-refractivity contribution in [3.05, 3.63) is 45.5 Å². The van der Waals surface area contributed by atoms with Crippen molar-refractivity contribution in [2.24, 2.45) is 11.0 Å². The maximum atomic E-state index is 11.9. The molecule has 3 rings (SSSR count). The van der Waals surface area contributed by atoms with E-state index in [2.05, 4.69) is 15.3 Å². The molecule has 0 bridgehead atoms. The van der Waals surface area contributed by atoms with Gasteiger partial charge in [-0.3, -0.25) is 4.79 Å². The number of methoxy groups -OCH3 is 1. The van der Waals surface area contributed by atoms with Crippen LogP contribution in [0.15, 0.2) is 29.7 Å². The average molecular weight is 421 g/mol. The topological polar surface area (TPSA) is 134 Å². The number of primary amides is 1. The highest BCUT2D eigenvalue weighted by Gasteiger charge is 2.28. The van der Waals surface area contributed by atoms with Gasteiger partial charge in [0.1, 0.15) is 11.3 Å². The Bertz CT molecular complexity index is 912. The highest BCUT2D eigenvalue weighted by atomic mass is 35.5. The van der Waals surface area contributed by atoms with E-state index in [0.29, 0.717) is 28.8 Å². The summed E-state index contributed by atoms with van der Waals surface area (Å²) < 4.78 is 5.12. The molecule has 29 heavy (non-hydrogen) atoms. The van der Waals surface area contributed by atoms with E-state index in [-0.39, 0.29) is 30.6 Å². The lowest BCUT2D eigenvalue weighted by Crippen LogP contribution is -2.34. The fraction of sp³-hybridized carbons (Fsp3) is 0.389. The molecule has 1 aromatic carbocycles. The van der Waals surface area contributed by atoms with Crippen molar-refractivity contribution in [1.82, 2.24) is 9.97 Å². The molecule has 154 valence electrons. The molecule has 1 amide bonds. The fourth-order valence-corrected chi connectivity index (χ4v) is 3.57. The lowest BCUT2D eigenvalue weighted by Gasteiger charge is -2.25. The van der Waals surface area contributed by atoms with Crippen LogP contribution >= 0.6 is 11.6 Å². The SMILES string of the molecule is COc1ccc(CN(N=O)c2nc(N3CCC[C@H]3CO)ncc2C(N)=O)cc1Cl. The van der Waals surface area contributed by atoms with Crippen LogP contribution in [-0.2, 0) is 6.54 Å². The summed E-state index contributed by atoms with van der Waals surface area (Å²) in [6.07, 6.45) is 2.94. The molecule has 1 fully saturated rings. The zero-order valence-electron chi connectivity index (χ0n) is 15.8. The number of nitrogens with two attached hydrogens (primary N) is 1. The van der Waals surface area contributed by atoms with Crippen molar-refractivity contribution in [2.45, 2.75) is 25.4 Å². The van der Waals surface area contributed by atoms with Crippen LogP contribution in [0.3, 0.4) is 0 Å². The predicted molar refractivity (Wildman–Crippen MR) is 108 cm³/mol. The number of ether oxygens (including phenoxy) is 1. The molecule has 0 saturated carbocycles. The highest BCUT2D eigenvalue weighted by molar-refractivity contribution is 6.32.